The van der Waals surface area contributed by atoms with E-state index in [4.69, 9.17) is 5.53 Å². The van der Waals surface area contributed by atoms with Gasteiger partial charge in [0.2, 0.25) is 0 Å². The Kier molecular flexibility index (Phi) is 1.96. The normalized spacial score (nSPS) is 9.87. The first-order valence-electron chi connectivity index (χ1n) is 3.88. The number of hydrogen-bond acceptors (Lipinski definition) is 4. The molecule has 0 aliphatic heterocycles. The summed E-state index contributed by atoms with van der Waals surface area (Å²) in [5.74, 6) is 0. The molecular weight excluding hydrogens is 200 g/mol. The Labute approximate surface area is 81.2 Å². The van der Waals surface area contributed by atoms with Gasteiger partial charge in [-0.15, -0.1) is 0 Å². The van der Waals surface area contributed by atoms with Crippen molar-refractivity contribution in [3.8, 4) is 0 Å². The van der Waals surface area contributed by atoms with Crippen LogP contribution in [0.5, 0.6) is 0 Å². The van der Waals surface area contributed by atoms with Crippen LogP contribution in [0.3, 0.4) is 0 Å². The summed E-state index contributed by atoms with van der Waals surface area (Å²) in [4.78, 5) is 28.8. The van der Waals surface area contributed by atoms with Crippen LogP contribution in [0.2, 0.25) is 0 Å². The van der Waals surface area contributed by atoms with Gasteiger partial charge in [0.1, 0.15) is 5.52 Å². The van der Waals surface area contributed by atoms with Gasteiger partial charge < -0.3 is 0 Å². The van der Waals surface area contributed by atoms with E-state index in [1.807, 2.05) is 0 Å². The van der Waals surface area contributed by atoms with Crippen LogP contribution in [0.15, 0.2) is 27.0 Å². The van der Waals surface area contributed by atoms with Crippen LogP contribution in [0, 0.1) is 0 Å². The van der Waals surface area contributed by atoms with Gasteiger partial charge >= 0.3 is 0 Å². The average molecular weight is 204 g/mol. The van der Waals surface area contributed by atoms with E-state index in [1.165, 1.54) is 12.3 Å². The zero-order chi connectivity index (χ0) is 10.8. The second kappa shape index (κ2) is 3.28. The zero-order valence-electron chi connectivity index (χ0n) is 7.26. The topological polar surface area (TPSA) is 127 Å². The van der Waals surface area contributed by atoms with Crippen LogP contribution in [0.1, 0.15) is 0 Å². The van der Waals surface area contributed by atoms with Crippen molar-refractivity contribution in [3.63, 3.8) is 0 Å². The monoisotopic (exact) mass is 204 g/mol. The molecule has 0 saturated heterocycles. The number of H-pyrrole nitrogens is 2. The minimum Gasteiger partial charge on any atom is -0.267 e. The van der Waals surface area contributed by atoms with Crippen molar-refractivity contribution < 1.29 is 0 Å². The predicted molar refractivity (Wildman–Crippen MR) is 51.8 cm³/mol. The summed E-state index contributed by atoms with van der Waals surface area (Å²) < 4.78 is 0. The second-order valence-electron chi connectivity index (χ2n) is 2.69. The average Bonchev–Trinajstić information content (AvgIpc) is 2.24. The molecule has 0 spiro atoms. The van der Waals surface area contributed by atoms with Gasteiger partial charge in [0.25, 0.3) is 11.1 Å². The smallest absolute Gasteiger partial charge is 0.267 e. The summed E-state index contributed by atoms with van der Waals surface area (Å²) in [5, 5.41) is 7.65. The molecule has 0 unspecified atom stereocenters. The lowest BCUT2D eigenvalue weighted by Gasteiger charge is -1.95. The maximum Gasteiger partial charge on any atom is 0.289 e. The molecule has 0 aromatic carbocycles. The second-order valence-corrected chi connectivity index (χ2v) is 2.69. The Morgan fingerprint density at radius 3 is 2.80 bits per heavy atom. The highest BCUT2D eigenvalue weighted by Gasteiger charge is 2.04. The van der Waals surface area contributed by atoms with Gasteiger partial charge in [0.05, 0.1) is 11.1 Å². The molecule has 2 rings (SSSR count). The number of hydrogen-bond donors (Lipinski definition) is 2. The fourth-order valence-corrected chi connectivity index (χ4v) is 1.15. The van der Waals surface area contributed by atoms with E-state index >= 15 is 0 Å². The van der Waals surface area contributed by atoms with Crippen LogP contribution >= 0.6 is 0 Å². The van der Waals surface area contributed by atoms with Crippen LogP contribution in [0.4, 0.5) is 5.69 Å². The number of rotatable bonds is 1. The number of aromatic amines is 2. The number of nitrogens with zero attached hydrogens (tertiary/aromatic N) is 4. The van der Waals surface area contributed by atoms with Crippen LogP contribution in [-0.2, 0) is 0 Å². The maximum absolute atomic E-state index is 11.3. The van der Waals surface area contributed by atoms with Gasteiger partial charge in [-0.1, -0.05) is 5.11 Å². The molecule has 0 amide bonds. The molecule has 15 heavy (non-hydrogen) atoms. The van der Waals surface area contributed by atoms with E-state index < -0.39 is 11.1 Å². The molecule has 74 valence electrons. The van der Waals surface area contributed by atoms with Crippen molar-refractivity contribution in [2.45, 2.75) is 0 Å². The van der Waals surface area contributed by atoms with Crippen molar-refractivity contribution in [3.05, 3.63) is 43.4 Å². The Morgan fingerprint density at radius 1 is 1.33 bits per heavy atom. The van der Waals surface area contributed by atoms with Gasteiger partial charge in [-0.05, 0) is 11.6 Å². The molecule has 2 aromatic rings. The van der Waals surface area contributed by atoms with Gasteiger partial charge in [-0.2, -0.15) is 0 Å². The summed E-state index contributed by atoms with van der Waals surface area (Å²) in [5.41, 5.74) is 7.39. The van der Waals surface area contributed by atoms with Crippen molar-refractivity contribution in [2.75, 3.05) is 0 Å². The Balaban J connectivity index is 2.93. The Morgan fingerprint density at radius 2 is 2.07 bits per heavy atom. The highest BCUT2D eigenvalue weighted by atomic mass is 16.1. The minimum absolute atomic E-state index is 0.00985. The molecule has 0 bridgehead atoms. The van der Waals surface area contributed by atoms with E-state index in [9.17, 15) is 9.59 Å². The largest absolute Gasteiger partial charge is 0.289 e. The molecule has 2 heterocycles. The molecule has 2 N–H and O–H groups in total. The standard InChI is InChI=1S/C7H4N6O2/c8-13-10-3-1-4-5(9-2-3)7(15)12-11-6(4)14/h1-2H,(H,11,14)(H,12,15). The minimum atomic E-state index is -0.503. The zero-order valence-corrected chi connectivity index (χ0v) is 7.26. The first-order valence-corrected chi connectivity index (χ1v) is 3.88. The molecule has 0 atom stereocenters. The third-order valence-corrected chi connectivity index (χ3v) is 1.78. The molecule has 8 heteroatoms. The van der Waals surface area contributed by atoms with E-state index in [0.717, 1.165) is 0 Å². The summed E-state index contributed by atoms with van der Waals surface area (Å²) in [6.45, 7) is 0. The van der Waals surface area contributed by atoms with Crippen LogP contribution in [-0.4, -0.2) is 15.2 Å². The lowest BCUT2D eigenvalue weighted by molar-refractivity contribution is 0.969. The van der Waals surface area contributed by atoms with E-state index in [1.54, 1.807) is 0 Å². The molecule has 2 aromatic heterocycles. The molecule has 0 aliphatic carbocycles. The lowest BCUT2D eigenvalue weighted by atomic mass is 10.3. The highest BCUT2D eigenvalue weighted by Crippen LogP contribution is 2.13. The van der Waals surface area contributed by atoms with Crippen molar-refractivity contribution in [1.29, 1.82) is 0 Å². The van der Waals surface area contributed by atoms with Gasteiger partial charge in [-0.3, -0.25) is 19.8 Å². The molecule has 0 radical (unpaired) electrons. The molecular formula is C7H4N6O2. The lowest BCUT2D eigenvalue weighted by Crippen LogP contribution is -2.19. The van der Waals surface area contributed by atoms with Crippen molar-refractivity contribution in [2.24, 2.45) is 5.11 Å². The Hall–Kier alpha value is -2.60. The van der Waals surface area contributed by atoms with Gasteiger partial charge in [0, 0.05) is 11.1 Å². The summed E-state index contributed by atoms with van der Waals surface area (Å²) >= 11 is 0. The number of fused-ring (bicyclic) bond motifs is 1. The molecule has 0 aliphatic rings. The predicted octanol–water partition coefficient (Wildman–Crippen LogP) is 0.553. The SMILES string of the molecule is [N-]=[N+]=Nc1cnc2c(=O)[nH][nH]c(=O)c2c1. The first kappa shape index (κ1) is 8.97. The number of aromatic nitrogens is 3. The quantitative estimate of drug-likeness (QED) is 0.400. The molecule has 0 saturated carbocycles. The van der Waals surface area contributed by atoms with E-state index in [0.29, 0.717) is 0 Å². The van der Waals surface area contributed by atoms with Gasteiger partial charge in [-0.25, -0.2) is 4.98 Å². The van der Waals surface area contributed by atoms with Crippen molar-refractivity contribution >= 4 is 16.6 Å². The van der Waals surface area contributed by atoms with E-state index in [2.05, 4.69) is 25.2 Å². The van der Waals surface area contributed by atoms with Crippen LogP contribution in [0.25, 0.3) is 21.3 Å². The molecule has 8 nitrogen and oxygen atoms in total. The Bertz CT molecular complexity index is 678. The molecule has 0 fully saturated rings. The van der Waals surface area contributed by atoms with Gasteiger partial charge in [0.15, 0.2) is 0 Å². The van der Waals surface area contributed by atoms with E-state index in [-0.39, 0.29) is 16.6 Å². The maximum atomic E-state index is 11.3. The highest BCUT2D eigenvalue weighted by molar-refractivity contribution is 5.78. The van der Waals surface area contributed by atoms with Crippen LogP contribution < -0.4 is 11.1 Å². The first-order chi connectivity index (χ1) is 7.22. The number of pyridine rings is 1. The number of azide groups is 1. The third kappa shape index (κ3) is 1.45. The third-order valence-electron chi connectivity index (χ3n) is 1.78. The summed E-state index contributed by atoms with van der Waals surface area (Å²) in [7, 11) is 0. The number of nitrogens with one attached hydrogen (secondary N) is 2. The fraction of sp³-hybridized carbons (Fsp3) is 0. The summed E-state index contributed by atoms with van der Waals surface area (Å²) in [6, 6.07) is 1.30. The van der Waals surface area contributed by atoms with Crippen molar-refractivity contribution in [1.82, 2.24) is 15.2 Å². The summed E-state index contributed by atoms with van der Waals surface area (Å²) in [6.07, 6.45) is 1.22. The fourth-order valence-electron chi connectivity index (χ4n) is 1.15.